The molecule has 6 heteroatoms. The molecule has 0 aliphatic heterocycles. The second-order valence-electron chi connectivity index (χ2n) is 5.65. The molecule has 0 unspecified atom stereocenters. The van der Waals surface area contributed by atoms with Crippen LogP contribution in [0.5, 0.6) is 0 Å². The summed E-state index contributed by atoms with van der Waals surface area (Å²) in [6.45, 7) is 0.762. The van der Waals surface area contributed by atoms with Crippen LogP contribution < -0.4 is 5.73 Å². The monoisotopic (exact) mass is 341 g/mol. The first-order valence-corrected chi connectivity index (χ1v) is 7.93. The van der Waals surface area contributed by atoms with Gasteiger partial charge in [-0.3, -0.25) is 0 Å². The van der Waals surface area contributed by atoms with E-state index in [1.165, 1.54) is 31.2 Å². The molecule has 1 aliphatic carbocycles. The Morgan fingerprint density at radius 1 is 1.29 bits per heavy atom. The summed E-state index contributed by atoms with van der Waals surface area (Å²) in [5.74, 6) is 4.61. The molecule has 0 amide bonds. The molecule has 3 N–H and O–H groups in total. The van der Waals surface area contributed by atoms with Crippen LogP contribution in [-0.2, 0) is 11.2 Å². The number of alkyl halides is 3. The van der Waals surface area contributed by atoms with Gasteiger partial charge in [0.25, 0.3) is 0 Å². The minimum atomic E-state index is -5.08. The summed E-state index contributed by atoms with van der Waals surface area (Å²) in [4.78, 5) is 8.90. The van der Waals surface area contributed by atoms with Gasteiger partial charge in [0.15, 0.2) is 0 Å². The lowest BCUT2D eigenvalue weighted by Crippen LogP contribution is -2.21. The molecule has 24 heavy (non-hydrogen) atoms. The van der Waals surface area contributed by atoms with Crippen molar-refractivity contribution in [3.05, 3.63) is 35.4 Å². The number of carboxylic acid groups (broad SMARTS) is 1. The van der Waals surface area contributed by atoms with E-state index >= 15 is 0 Å². The van der Waals surface area contributed by atoms with Crippen LogP contribution in [0.15, 0.2) is 24.3 Å². The van der Waals surface area contributed by atoms with Crippen molar-refractivity contribution in [1.82, 2.24) is 0 Å². The minimum Gasteiger partial charge on any atom is -0.475 e. The molecule has 0 radical (unpaired) electrons. The summed E-state index contributed by atoms with van der Waals surface area (Å²) in [6, 6.07) is 8.58. The lowest BCUT2D eigenvalue weighted by atomic mass is 10.0. The zero-order valence-corrected chi connectivity index (χ0v) is 13.4. The Labute approximate surface area is 140 Å². The van der Waals surface area contributed by atoms with Crippen LogP contribution in [0.25, 0.3) is 0 Å². The lowest BCUT2D eigenvalue weighted by molar-refractivity contribution is -0.192. The van der Waals surface area contributed by atoms with Gasteiger partial charge >= 0.3 is 12.1 Å². The summed E-state index contributed by atoms with van der Waals surface area (Å²) in [7, 11) is 0. The third-order valence-electron chi connectivity index (χ3n) is 3.61. The van der Waals surface area contributed by atoms with Crippen molar-refractivity contribution in [3.63, 3.8) is 0 Å². The first kappa shape index (κ1) is 20.0. The number of aliphatic carboxylic acids is 1. The first-order valence-electron chi connectivity index (χ1n) is 7.93. The number of benzene rings is 1. The van der Waals surface area contributed by atoms with Crippen LogP contribution in [0, 0.1) is 17.8 Å². The summed E-state index contributed by atoms with van der Waals surface area (Å²) in [5, 5.41) is 7.12. The molecule has 2 rings (SSSR count). The van der Waals surface area contributed by atoms with Gasteiger partial charge < -0.3 is 10.8 Å². The van der Waals surface area contributed by atoms with Crippen LogP contribution in [0.3, 0.4) is 0 Å². The maximum Gasteiger partial charge on any atom is 0.490 e. The third-order valence-corrected chi connectivity index (χ3v) is 3.61. The van der Waals surface area contributed by atoms with Crippen molar-refractivity contribution in [2.45, 2.75) is 44.7 Å². The molecule has 1 aromatic carbocycles. The van der Waals surface area contributed by atoms with E-state index in [2.05, 4.69) is 36.1 Å². The summed E-state index contributed by atoms with van der Waals surface area (Å²) < 4.78 is 31.7. The average molecular weight is 341 g/mol. The van der Waals surface area contributed by atoms with Crippen LogP contribution >= 0.6 is 0 Å². The molecule has 1 aliphatic rings. The highest BCUT2D eigenvalue weighted by molar-refractivity contribution is 5.73. The number of hydrogen-bond acceptors (Lipinski definition) is 2. The molecule has 0 aromatic heterocycles. The zero-order valence-electron chi connectivity index (χ0n) is 13.4. The standard InChI is InChI=1S/C16H21N.C2HF3O2/c17-12-4-9-15-7-3-8-16(13-15)11-10-14-5-1-2-6-14;3-2(4,5)1(6)7/h3,7-8,13-14H,1-2,4-6,9,12,17H2;(H,6,7). The Hall–Kier alpha value is -2.00. The number of aryl methyl sites for hydroxylation is 1. The Morgan fingerprint density at radius 3 is 2.46 bits per heavy atom. The van der Waals surface area contributed by atoms with E-state index in [-0.39, 0.29) is 0 Å². The molecular formula is C18H22F3NO2. The van der Waals surface area contributed by atoms with Gasteiger partial charge in [-0.05, 0) is 49.9 Å². The van der Waals surface area contributed by atoms with Gasteiger partial charge in [-0.25, -0.2) is 4.79 Å². The largest absolute Gasteiger partial charge is 0.490 e. The van der Waals surface area contributed by atoms with Gasteiger partial charge in [-0.2, -0.15) is 13.2 Å². The Balaban J connectivity index is 0.000000351. The fourth-order valence-electron chi connectivity index (χ4n) is 2.37. The predicted molar refractivity (Wildman–Crippen MR) is 86.3 cm³/mol. The Morgan fingerprint density at radius 2 is 1.92 bits per heavy atom. The molecular weight excluding hydrogens is 319 g/mol. The third kappa shape index (κ3) is 8.02. The molecule has 1 saturated carbocycles. The van der Waals surface area contributed by atoms with E-state index in [9.17, 15) is 13.2 Å². The second kappa shape index (κ2) is 9.99. The minimum absolute atomic E-state index is 0.641. The van der Waals surface area contributed by atoms with Crippen molar-refractivity contribution < 1.29 is 23.1 Å². The van der Waals surface area contributed by atoms with E-state index in [0.29, 0.717) is 5.92 Å². The second-order valence-corrected chi connectivity index (χ2v) is 5.65. The zero-order chi connectivity index (χ0) is 18.0. The molecule has 1 fully saturated rings. The normalized spacial score (nSPS) is 14.3. The molecule has 0 heterocycles. The fourth-order valence-corrected chi connectivity index (χ4v) is 2.37. The van der Waals surface area contributed by atoms with Gasteiger partial charge in [-0.1, -0.05) is 36.8 Å². The topological polar surface area (TPSA) is 63.3 Å². The smallest absolute Gasteiger partial charge is 0.475 e. The van der Waals surface area contributed by atoms with E-state index < -0.39 is 12.1 Å². The maximum atomic E-state index is 10.6. The fraction of sp³-hybridized carbons (Fsp3) is 0.500. The van der Waals surface area contributed by atoms with Crippen molar-refractivity contribution >= 4 is 5.97 Å². The predicted octanol–water partition coefficient (Wildman–Crippen LogP) is 3.75. The van der Waals surface area contributed by atoms with Crippen molar-refractivity contribution in [3.8, 4) is 11.8 Å². The SMILES string of the molecule is NCCCc1cccc(C#CC2CCCC2)c1.O=C(O)C(F)(F)F. The number of rotatable bonds is 3. The number of carboxylic acids is 1. The highest BCUT2D eigenvalue weighted by Crippen LogP contribution is 2.23. The number of halogens is 3. The summed E-state index contributed by atoms with van der Waals surface area (Å²) in [5.41, 5.74) is 8.04. The van der Waals surface area contributed by atoms with Crippen LogP contribution in [0.2, 0.25) is 0 Å². The van der Waals surface area contributed by atoms with E-state index in [1.54, 1.807) is 0 Å². The highest BCUT2D eigenvalue weighted by atomic mass is 19.4. The van der Waals surface area contributed by atoms with E-state index in [4.69, 9.17) is 15.6 Å². The molecule has 0 spiro atoms. The van der Waals surface area contributed by atoms with Crippen molar-refractivity contribution in [1.29, 1.82) is 0 Å². The molecule has 3 nitrogen and oxygen atoms in total. The molecule has 0 bridgehead atoms. The number of nitrogens with two attached hydrogens (primary N) is 1. The van der Waals surface area contributed by atoms with Gasteiger partial charge in [0.05, 0.1) is 0 Å². The first-order chi connectivity index (χ1) is 11.3. The van der Waals surface area contributed by atoms with E-state index in [1.807, 2.05) is 0 Å². The Kier molecular flexibility index (Phi) is 8.34. The molecule has 0 saturated heterocycles. The van der Waals surface area contributed by atoms with Crippen molar-refractivity contribution in [2.24, 2.45) is 11.7 Å². The van der Waals surface area contributed by atoms with E-state index in [0.717, 1.165) is 24.9 Å². The van der Waals surface area contributed by atoms with Gasteiger partial charge in [0.1, 0.15) is 0 Å². The van der Waals surface area contributed by atoms with Crippen molar-refractivity contribution in [2.75, 3.05) is 6.54 Å². The molecule has 1 aromatic rings. The quantitative estimate of drug-likeness (QED) is 0.823. The summed E-state index contributed by atoms with van der Waals surface area (Å²) >= 11 is 0. The summed E-state index contributed by atoms with van der Waals surface area (Å²) in [6.07, 6.45) is 2.33. The van der Waals surface area contributed by atoms with Gasteiger partial charge in [0.2, 0.25) is 0 Å². The number of carbonyl (C=O) groups is 1. The van der Waals surface area contributed by atoms with Gasteiger partial charge in [-0.15, -0.1) is 0 Å². The van der Waals surface area contributed by atoms with Crippen LogP contribution in [-0.4, -0.2) is 23.8 Å². The van der Waals surface area contributed by atoms with Crippen LogP contribution in [0.4, 0.5) is 13.2 Å². The lowest BCUT2D eigenvalue weighted by Gasteiger charge is -2.00. The molecule has 0 atom stereocenters. The average Bonchev–Trinajstić information content (AvgIpc) is 3.04. The maximum absolute atomic E-state index is 10.6. The number of hydrogen-bond donors (Lipinski definition) is 2. The highest BCUT2D eigenvalue weighted by Gasteiger charge is 2.38. The molecule has 132 valence electrons. The Bertz CT molecular complexity index is 582. The van der Waals surface area contributed by atoms with Gasteiger partial charge in [0, 0.05) is 11.5 Å². The van der Waals surface area contributed by atoms with Crippen LogP contribution in [0.1, 0.15) is 43.2 Å².